The number of hydrogen-bond acceptors (Lipinski definition) is 4. The summed E-state index contributed by atoms with van der Waals surface area (Å²) in [6.45, 7) is 4.78. The van der Waals surface area contributed by atoms with E-state index in [1.165, 1.54) is 24.1 Å². The Balaban J connectivity index is 1.27. The van der Waals surface area contributed by atoms with Gasteiger partial charge in [0.05, 0.1) is 6.21 Å². The van der Waals surface area contributed by atoms with Gasteiger partial charge in [-0.05, 0) is 79.4 Å². The second-order valence-electron chi connectivity index (χ2n) is 7.79. The summed E-state index contributed by atoms with van der Waals surface area (Å²) in [5.41, 5.74) is 7.60. The van der Waals surface area contributed by atoms with Crippen LogP contribution in [0.25, 0.3) is 0 Å². The van der Waals surface area contributed by atoms with Crippen LogP contribution in [0.1, 0.15) is 39.9 Å². The highest BCUT2D eigenvalue weighted by Gasteiger charge is 2.12. The number of carbonyl (C=O) groups is 1. The molecule has 1 aliphatic rings. The van der Waals surface area contributed by atoms with Crippen LogP contribution < -0.4 is 15.1 Å². The number of ether oxygens (including phenoxy) is 1. The van der Waals surface area contributed by atoms with Gasteiger partial charge in [-0.3, -0.25) is 4.79 Å². The van der Waals surface area contributed by atoms with Crippen molar-refractivity contribution in [3.8, 4) is 5.75 Å². The van der Waals surface area contributed by atoms with E-state index in [2.05, 4.69) is 40.5 Å². The summed E-state index contributed by atoms with van der Waals surface area (Å²) in [6.07, 6.45) is 4.09. The first-order chi connectivity index (χ1) is 15.2. The number of anilines is 1. The molecular weight excluding hydrogens is 386 g/mol. The van der Waals surface area contributed by atoms with Crippen LogP contribution in [0.3, 0.4) is 0 Å². The van der Waals surface area contributed by atoms with E-state index in [1.807, 2.05) is 54.6 Å². The molecule has 5 heteroatoms. The summed E-state index contributed by atoms with van der Waals surface area (Å²) in [5.74, 6) is 0.572. The minimum atomic E-state index is -0.220. The number of amides is 1. The lowest BCUT2D eigenvalue weighted by atomic mass is 10.1. The van der Waals surface area contributed by atoms with Crippen molar-refractivity contribution in [2.75, 3.05) is 18.0 Å². The molecule has 1 fully saturated rings. The zero-order valence-corrected chi connectivity index (χ0v) is 17.8. The molecule has 0 aromatic heterocycles. The van der Waals surface area contributed by atoms with E-state index in [1.54, 1.807) is 6.21 Å². The molecule has 0 atom stereocenters. The fourth-order valence-electron chi connectivity index (χ4n) is 3.65. The van der Waals surface area contributed by atoms with Crippen LogP contribution in [0, 0.1) is 6.92 Å². The molecule has 1 N–H and O–H groups in total. The van der Waals surface area contributed by atoms with Gasteiger partial charge in [0.15, 0.2) is 0 Å². The van der Waals surface area contributed by atoms with Crippen LogP contribution in [0.2, 0.25) is 0 Å². The van der Waals surface area contributed by atoms with E-state index in [4.69, 9.17) is 4.74 Å². The second-order valence-corrected chi connectivity index (χ2v) is 7.79. The Kier molecular flexibility index (Phi) is 6.62. The van der Waals surface area contributed by atoms with Gasteiger partial charge in [-0.15, -0.1) is 0 Å². The number of nitrogens with zero attached hydrogens (tertiary/aromatic N) is 2. The standard InChI is InChI=1S/C26H27N3O2/c1-20-5-4-6-22(17-20)19-31-25-13-7-21(8-14-25)18-27-28-26(30)23-9-11-24(12-10-23)29-15-2-3-16-29/h4-14,17-18H,2-3,15-16,19H2,1H3,(H,28,30)/b27-18-. The average molecular weight is 414 g/mol. The van der Waals surface area contributed by atoms with E-state index < -0.39 is 0 Å². The molecule has 31 heavy (non-hydrogen) atoms. The zero-order valence-electron chi connectivity index (χ0n) is 17.8. The molecule has 1 saturated heterocycles. The van der Waals surface area contributed by atoms with Crippen LogP contribution in [0.15, 0.2) is 77.9 Å². The molecule has 3 aromatic carbocycles. The van der Waals surface area contributed by atoms with Gasteiger partial charge in [0.25, 0.3) is 5.91 Å². The Morgan fingerprint density at radius 1 is 1.03 bits per heavy atom. The van der Waals surface area contributed by atoms with Crippen molar-refractivity contribution >= 4 is 17.8 Å². The molecule has 158 valence electrons. The monoisotopic (exact) mass is 413 g/mol. The topological polar surface area (TPSA) is 53.9 Å². The Bertz CT molecular complexity index is 1040. The van der Waals surface area contributed by atoms with Crippen molar-refractivity contribution in [3.63, 3.8) is 0 Å². The molecule has 0 radical (unpaired) electrons. The van der Waals surface area contributed by atoms with Gasteiger partial charge in [-0.25, -0.2) is 5.43 Å². The van der Waals surface area contributed by atoms with Crippen LogP contribution in [0.5, 0.6) is 5.75 Å². The SMILES string of the molecule is Cc1cccc(COc2ccc(/C=N\NC(=O)c3ccc(N4CCCC4)cc3)cc2)c1. The molecule has 0 spiro atoms. The second kappa shape index (κ2) is 9.94. The fraction of sp³-hybridized carbons (Fsp3) is 0.231. The van der Waals surface area contributed by atoms with Crippen molar-refractivity contribution in [2.45, 2.75) is 26.4 Å². The molecule has 1 heterocycles. The van der Waals surface area contributed by atoms with Crippen molar-refractivity contribution in [2.24, 2.45) is 5.10 Å². The lowest BCUT2D eigenvalue weighted by molar-refractivity contribution is 0.0955. The highest BCUT2D eigenvalue weighted by atomic mass is 16.5. The van der Waals surface area contributed by atoms with Crippen molar-refractivity contribution < 1.29 is 9.53 Å². The minimum Gasteiger partial charge on any atom is -0.489 e. The molecule has 5 nitrogen and oxygen atoms in total. The predicted molar refractivity (Wildman–Crippen MR) is 125 cm³/mol. The summed E-state index contributed by atoms with van der Waals surface area (Å²) < 4.78 is 5.83. The van der Waals surface area contributed by atoms with Gasteiger partial charge in [-0.1, -0.05) is 29.8 Å². The first kappa shape index (κ1) is 20.7. The third-order valence-corrected chi connectivity index (χ3v) is 5.35. The lowest BCUT2D eigenvalue weighted by Crippen LogP contribution is -2.19. The highest BCUT2D eigenvalue weighted by Crippen LogP contribution is 2.20. The number of aryl methyl sites for hydroxylation is 1. The third-order valence-electron chi connectivity index (χ3n) is 5.35. The third kappa shape index (κ3) is 5.72. The fourth-order valence-corrected chi connectivity index (χ4v) is 3.65. The summed E-state index contributed by atoms with van der Waals surface area (Å²) in [6, 6.07) is 23.6. The Hall–Kier alpha value is -3.60. The molecule has 0 unspecified atom stereocenters. The van der Waals surface area contributed by atoms with Crippen LogP contribution in [-0.4, -0.2) is 25.2 Å². The number of hydrazone groups is 1. The van der Waals surface area contributed by atoms with Gasteiger partial charge >= 0.3 is 0 Å². The van der Waals surface area contributed by atoms with Gasteiger partial charge in [0.1, 0.15) is 12.4 Å². The van der Waals surface area contributed by atoms with Crippen molar-refractivity contribution in [1.29, 1.82) is 0 Å². The first-order valence-corrected chi connectivity index (χ1v) is 10.6. The summed E-state index contributed by atoms with van der Waals surface area (Å²) in [4.78, 5) is 14.6. The largest absolute Gasteiger partial charge is 0.489 e. The minimum absolute atomic E-state index is 0.220. The molecular formula is C26H27N3O2. The molecule has 1 amide bonds. The quantitative estimate of drug-likeness (QED) is 0.441. The molecule has 4 rings (SSSR count). The maximum absolute atomic E-state index is 12.3. The van der Waals surface area contributed by atoms with E-state index >= 15 is 0 Å². The zero-order chi connectivity index (χ0) is 21.5. The number of carbonyl (C=O) groups excluding carboxylic acids is 1. The number of hydrogen-bond donors (Lipinski definition) is 1. The van der Waals surface area contributed by atoms with Crippen molar-refractivity contribution in [3.05, 3.63) is 95.1 Å². The molecule has 0 saturated carbocycles. The van der Waals surface area contributed by atoms with E-state index in [0.717, 1.165) is 30.0 Å². The van der Waals surface area contributed by atoms with E-state index in [-0.39, 0.29) is 5.91 Å². The normalized spacial score (nSPS) is 13.5. The maximum atomic E-state index is 12.3. The summed E-state index contributed by atoms with van der Waals surface area (Å²) in [7, 11) is 0. The predicted octanol–water partition coefficient (Wildman–Crippen LogP) is 4.94. The van der Waals surface area contributed by atoms with E-state index in [9.17, 15) is 4.79 Å². The van der Waals surface area contributed by atoms with Crippen molar-refractivity contribution in [1.82, 2.24) is 5.43 Å². The lowest BCUT2D eigenvalue weighted by Gasteiger charge is -2.17. The molecule has 1 aliphatic heterocycles. The Morgan fingerprint density at radius 2 is 1.77 bits per heavy atom. The highest BCUT2D eigenvalue weighted by molar-refractivity contribution is 5.95. The van der Waals surface area contributed by atoms with Crippen LogP contribution in [0.4, 0.5) is 5.69 Å². The summed E-state index contributed by atoms with van der Waals surface area (Å²) in [5, 5.41) is 4.07. The number of benzene rings is 3. The van der Waals surface area contributed by atoms with Gasteiger partial charge < -0.3 is 9.64 Å². The van der Waals surface area contributed by atoms with Gasteiger partial charge in [0, 0.05) is 24.3 Å². The smallest absolute Gasteiger partial charge is 0.271 e. The molecule has 0 aliphatic carbocycles. The Labute approximate surface area is 183 Å². The molecule has 3 aromatic rings. The van der Waals surface area contributed by atoms with Crippen LogP contribution in [-0.2, 0) is 6.61 Å². The average Bonchev–Trinajstić information content (AvgIpc) is 3.34. The molecule has 0 bridgehead atoms. The maximum Gasteiger partial charge on any atom is 0.271 e. The first-order valence-electron chi connectivity index (χ1n) is 10.6. The van der Waals surface area contributed by atoms with Crippen LogP contribution >= 0.6 is 0 Å². The van der Waals surface area contributed by atoms with Gasteiger partial charge in [0.2, 0.25) is 0 Å². The Morgan fingerprint density at radius 3 is 2.48 bits per heavy atom. The summed E-state index contributed by atoms with van der Waals surface area (Å²) >= 11 is 0. The van der Waals surface area contributed by atoms with E-state index in [0.29, 0.717) is 12.2 Å². The van der Waals surface area contributed by atoms with Gasteiger partial charge in [-0.2, -0.15) is 5.10 Å². The number of nitrogens with one attached hydrogen (secondary N) is 1. The number of rotatable bonds is 7.